The van der Waals surface area contributed by atoms with Crippen molar-refractivity contribution >= 4 is 34.3 Å². The minimum absolute atomic E-state index is 0.0374. The number of halogens is 2. The Morgan fingerprint density at radius 1 is 1.13 bits per heavy atom. The molecule has 2 aromatic heterocycles. The van der Waals surface area contributed by atoms with Crippen LogP contribution in [0.5, 0.6) is 11.5 Å². The van der Waals surface area contributed by atoms with Crippen LogP contribution < -0.4 is 14.4 Å². The van der Waals surface area contributed by atoms with Crippen LogP contribution in [0.4, 0.5) is 10.1 Å². The lowest BCUT2D eigenvalue weighted by Gasteiger charge is -2.54. The quantitative estimate of drug-likeness (QED) is 0.252. The van der Waals surface area contributed by atoms with Crippen molar-refractivity contribution in [2.24, 2.45) is 0 Å². The number of nitrogens with zero attached hydrogens (tertiary/aromatic N) is 5. The van der Waals surface area contributed by atoms with Crippen LogP contribution in [0.1, 0.15) is 48.1 Å². The fourth-order valence-corrected chi connectivity index (χ4v) is 7.12. The Morgan fingerprint density at radius 2 is 1.98 bits per heavy atom. The number of ether oxygens (including phenoxy) is 4. The maximum absolute atomic E-state index is 15.3. The van der Waals surface area contributed by atoms with E-state index in [-0.39, 0.29) is 23.2 Å². The van der Waals surface area contributed by atoms with Gasteiger partial charge in [0.05, 0.1) is 48.1 Å². The second kappa shape index (κ2) is 10.9. The fourth-order valence-electron chi connectivity index (χ4n) is 7.01. The summed E-state index contributed by atoms with van der Waals surface area (Å²) in [5.41, 5.74) is 2.66. The van der Waals surface area contributed by atoms with Gasteiger partial charge in [-0.1, -0.05) is 17.7 Å². The van der Waals surface area contributed by atoms with Crippen LogP contribution >= 0.6 is 11.6 Å². The van der Waals surface area contributed by atoms with Crippen molar-refractivity contribution in [1.82, 2.24) is 19.4 Å². The molecule has 4 atom stereocenters. The Balaban J connectivity index is 1.06. The normalized spacial score (nSPS) is 25.5. The monoisotopic (exact) mass is 633 g/mol. The molecule has 12 heteroatoms. The van der Waals surface area contributed by atoms with Gasteiger partial charge in [0.1, 0.15) is 17.0 Å². The van der Waals surface area contributed by atoms with E-state index in [1.807, 2.05) is 29.7 Å². The number of fused-ring (bicyclic) bond motifs is 3. The Morgan fingerprint density at radius 3 is 2.69 bits per heavy atom. The molecule has 4 aliphatic rings. The number of anilines is 1. The Hall–Kier alpha value is -3.93. The first kappa shape index (κ1) is 28.5. The molecule has 0 amide bonds. The highest BCUT2D eigenvalue weighted by Crippen LogP contribution is 2.51. The second-order valence-corrected chi connectivity index (χ2v) is 12.7. The third-order valence-corrected chi connectivity index (χ3v) is 9.82. The molecule has 2 aromatic carbocycles. The van der Waals surface area contributed by atoms with Crippen molar-refractivity contribution in [2.75, 3.05) is 31.7 Å². The third-order valence-electron chi connectivity index (χ3n) is 9.59. The van der Waals surface area contributed by atoms with Crippen LogP contribution in [0.3, 0.4) is 0 Å². The highest BCUT2D eigenvalue weighted by Gasteiger charge is 2.47. The van der Waals surface area contributed by atoms with Gasteiger partial charge in [0.2, 0.25) is 0 Å². The average Bonchev–Trinajstić information content (AvgIpc) is 3.53. The molecule has 0 bridgehead atoms. The van der Waals surface area contributed by atoms with Crippen molar-refractivity contribution < 1.29 is 28.1 Å². The maximum Gasteiger partial charge on any atom is 0.338 e. The molecule has 0 unspecified atom stereocenters. The molecule has 1 saturated carbocycles. The van der Waals surface area contributed by atoms with Gasteiger partial charge in [-0.05, 0) is 55.7 Å². The van der Waals surface area contributed by atoms with E-state index in [0.717, 1.165) is 49.6 Å². The lowest BCUT2D eigenvalue weighted by molar-refractivity contribution is -0.0717. The van der Waals surface area contributed by atoms with Gasteiger partial charge in [0, 0.05) is 44.9 Å². The molecule has 8 rings (SSSR count). The summed E-state index contributed by atoms with van der Waals surface area (Å²) in [7, 11) is 1.29. The van der Waals surface area contributed by atoms with Crippen molar-refractivity contribution in [3.63, 3.8) is 0 Å². The van der Waals surface area contributed by atoms with Crippen LogP contribution in [-0.4, -0.2) is 70.4 Å². The first-order valence-electron chi connectivity index (χ1n) is 15.3. The van der Waals surface area contributed by atoms with Gasteiger partial charge < -0.3 is 28.4 Å². The Kier molecular flexibility index (Phi) is 6.88. The van der Waals surface area contributed by atoms with Crippen LogP contribution in [0, 0.1) is 5.82 Å². The molecule has 45 heavy (non-hydrogen) atoms. The predicted molar refractivity (Wildman–Crippen MR) is 164 cm³/mol. The number of pyridine rings is 1. The summed E-state index contributed by atoms with van der Waals surface area (Å²) < 4.78 is 40.7. The molecule has 3 aliphatic heterocycles. The average molecular weight is 634 g/mol. The van der Waals surface area contributed by atoms with E-state index in [9.17, 15) is 4.79 Å². The van der Waals surface area contributed by atoms with Crippen LogP contribution in [-0.2, 0) is 28.4 Å². The summed E-state index contributed by atoms with van der Waals surface area (Å²) in [4.78, 5) is 26.4. The lowest BCUT2D eigenvalue weighted by Crippen LogP contribution is -2.64. The smallest absolute Gasteiger partial charge is 0.338 e. The number of piperazine rings is 1. The zero-order valence-corrected chi connectivity index (χ0v) is 25.8. The molecule has 0 N–H and O–H groups in total. The molecule has 0 radical (unpaired) electrons. The van der Waals surface area contributed by atoms with Gasteiger partial charge in [-0.25, -0.2) is 14.2 Å². The number of hydrogen-bond acceptors (Lipinski definition) is 9. The standard InChI is InChI=1S/C33H33ClFN5O5/c1-33(28-9-6-20(34)16-36-28)44-27-5-3-4-25(31(27)45-33)39-12-11-38(23-7-8-24(23)39)18-29-37-30-22(35)14-19(32(41)42-2)15-26(30)40(29)17-21-10-13-43-21/h3-6,9,14-16,21,23-24H,7-8,10-13,17-18H2,1-2H3/t21-,23+,24-,33-/m0/s1. The van der Waals surface area contributed by atoms with Gasteiger partial charge in [0.25, 0.3) is 5.79 Å². The topological polar surface area (TPSA) is 91.2 Å². The molecular weight excluding hydrogens is 601 g/mol. The number of para-hydroxylation sites is 1. The minimum atomic E-state index is -1.06. The van der Waals surface area contributed by atoms with Crippen molar-refractivity contribution in [3.8, 4) is 11.5 Å². The van der Waals surface area contributed by atoms with E-state index in [2.05, 4.69) is 20.9 Å². The van der Waals surface area contributed by atoms with Gasteiger partial charge >= 0.3 is 5.97 Å². The minimum Gasteiger partial charge on any atom is -0.465 e. The number of esters is 1. The van der Waals surface area contributed by atoms with Crippen LogP contribution in [0.25, 0.3) is 11.0 Å². The second-order valence-electron chi connectivity index (χ2n) is 12.2. The summed E-state index contributed by atoms with van der Waals surface area (Å²) in [6, 6.07) is 13.1. The first-order valence-corrected chi connectivity index (χ1v) is 15.7. The summed E-state index contributed by atoms with van der Waals surface area (Å²) in [5.74, 6) is -0.0000620. The fraction of sp³-hybridized carbons (Fsp3) is 0.424. The largest absolute Gasteiger partial charge is 0.465 e. The van der Waals surface area contributed by atoms with Crippen LogP contribution in [0.2, 0.25) is 5.02 Å². The van der Waals surface area contributed by atoms with Gasteiger partial charge in [-0.3, -0.25) is 9.88 Å². The van der Waals surface area contributed by atoms with Gasteiger partial charge in [-0.2, -0.15) is 0 Å². The highest BCUT2D eigenvalue weighted by atomic mass is 35.5. The molecular formula is C33H33ClFN5O5. The molecule has 3 fully saturated rings. The van der Waals surface area contributed by atoms with Crippen molar-refractivity contribution in [1.29, 1.82) is 0 Å². The number of methoxy groups -OCH3 is 1. The lowest BCUT2D eigenvalue weighted by atomic mass is 9.81. The number of hydrogen-bond donors (Lipinski definition) is 0. The summed E-state index contributed by atoms with van der Waals surface area (Å²) >= 11 is 6.07. The first-order chi connectivity index (χ1) is 21.8. The molecule has 1 aliphatic carbocycles. The maximum atomic E-state index is 15.3. The SMILES string of the molecule is COC(=O)c1cc(F)c2nc(CN3CCN(c4cccc5c4O[C@@](C)(c4ccc(Cl)cn4)O5)[C@H]4CC[C@H]43)n(C[C@@H]3CCO3)c2c1. The highest BCUT2D eigenvalue weighted by molar-refractivity contribution is 6.30. The number of imidazole rings is 1. The molecule has 10 nitrogen and oxygen atoms in total. The number of rotatable bonds is 7. The van der Waals surface area contributed by atoms with E-state index < -0.39 is 17.6 Å². The zero-order valence-electron chi connectivity index (χ0n) is 25.0. The Labute approximate surface area is 264 Å². The van der Waals surface area contributed by atoms with Crippen LogP contribution in [0.15, 0.2) is 48.7 Å². The number of benzene rings is 2. The molecule has 5 heterocycles. The number of carbonyl (C=O) groups is 1. The molecule has 2 saturated heterocycles. The Bertz CT molecular complexity index is 1800. The third kappa shape index (κ3) is 4.79. The van der Waals surface area contributed by atoms with E-state index >= 15 is 4.39 Å². The number of carbonyl (C=O) groups excluding carboxylic acids is 1. The van der Waals surface area contributed by atoms with Gasteiger partial charge in [-0.15, -0.1) is 0 Å². The molecule has 234 valence electrons. The molecule has 0 spiro atoms. The van der Waals surface area contributed by atoms with E-state index in [4.69, 9.17) is 35.5 Å². The van der Waals surface area contributed by atoms with Crippen molar-refractivity contribution in [2.45, 2.75) is 63.3 Å². The van der Waals surface area contributed by atoms with E-state index in [0.29, 0.717) is 47.7 Å². The zero-order chi connectivity index (χ0) is 30.9. The van der Waals surface area contributed by atoms with E-state index in [1.54, 1.807) is 18.3 Å². The van der Waals surface area contributed by atoms with Crippen molar-refractivity contribution in [3.05, 3.63) is 76.6 Å². The summed E-state index contributed by atoms with van der Waals surface area (Å²) in [6.45, 7) is 5.28. The van der Waals surface area contributed by atoms with E-state index in [1.165, 1.54) is 13.2 Å². The number of aromatic nitrogens is 3. The summed E-state index contributed by atoms with van der Waals surface area (Å²) in [6.07, 6.45) is 4.66. The summed E-state index contributed by atoms with van der Waals surface area (Å²) in [5, 5.41) is 0.551. The predicted octanol–water partition coefficient (Wildman–Crippen LogP) is 5.30. The molecule has 4 aromatic rings. The van der Waals surface area contributed by atoms with Gasteiger partial charge in [0.15, 0.2) is 17.3 Å².